The van der Waals surface area contributed by atoms with E-state index in [9.17, 15) is 9.59 Å². The smallest absolute Gasteiger partial charge is 0.316 e. The summed E-state index contributed by atoms with van der Waals surface area (Å²) in [6, 6.07) is 7.54. The van der Waals surface area contributed by atoms with Crippen molar-refractivity contribution in [1.29, 1.82) is 0 Å². The van der Waals surface area contributed by atoms with Crippen LogP contribution >= 0.6 is 0 Å². The zero-order valence-corrected chi connectivity index (χ0v) is 11.8. The predicted octanol–water partition coefficient (Wildman–Crippen LogP) is 2.28. The van der Waals surface area contributed by atoms with Crippen molar-refractivity contribution in [3.8, 4) is 0 Å². The Morgan fingerprint density at radius 1 is 1.19 bits per heavy atom. The molecule has 0 aliphatic heterocycles. The van der Waals surface area contributed by atoms with Crippen molar-refractivity contribution in [2.75, 3.05) is 10.6 Å². The molecule has 7 heteroatoms. The number of nitrogens with two attached hydrogens (primary N) is 1. The number of nitrogens with zero attached hydrogens (tertiary/aromatic N) is 1. The molecule has 0 atom stereocenters. The van der Waals surface area contributed by atoms with Crippen molar-refractivity contribution >= 4 is 23.4 Å². The van der Waals surface area contributed by atoms with Crippen LogP contribution in [-0.2, 0) is 0 Å². The lowest BCUT2D eigenvalue weighted by molar-refractivity contribution is 0.102. The molecule has 2 rings (SSSR count). The number of anilines is 2. The van der Waals surface area contributed by atoms with E-state index in [0.29, 0.717) is 23.0 Å². The summed E-state index contributed by atoms with van der Waals surface area (Å²) in [5, 5.41) is 12.0. The van der Waals surface area contributed by atoms with Gasteiger partial charge in [-0.05, 0) is 30.2 Å². The molecule has 1 heterocycles. The predicted molar refractivity (Wildman–Crippen MR) is 80.3 cm³/mol. The lowest BCUT2D eigenvalue weighted by atomic mass is 10.1. The number of rotatable bonds is 4. The minimum atomic E-state index is -0.648. The van der Waals surface area contributed by atoms with E-state index in [4.69, 9.17) is 5.73 Å². The van der Waals surface area contributed by atoms with Gasteiger partial charge in [-0.2, -0.15) is 5.10 Å². The lowest BCUT2D eigenvalue weighted by Gasteiger charge is -2.04. The molecule has 1 aromatic heterocycles. The maximum absolute atomic E-state index is 12.0. The van der Waals surface area contributed by atoms with Gasteiger partial charge in [0.25, 0.3) is 5.91 Å². The first kappa shape index (κ1) is 14.6. The first-order chi connectivity index (χ1) is 9.95. The van der Waals surface area contributed by atoms with Gasteiger partial charge >= 0.3 is 6.03 Å². The second-order valence-electron chi connectivity index (χ2n) is 4.88. The third-order valence-corrected chi connectivity index (χ3v) is 2.88. The number of primary amides is 1. The number of carbonyl (C=O) groups excluding carboxylic acids is 2. The van der Waals surface area contributed by atoms with Crippen LogP contribution in [0.15, 0.2) is 30.3 Å². The number of aromatic amines is 1. The Kier molecular flexibility index (Phi) is 4.22. The van der Waals surface area contributed by atoms with Gasteiger partial charge in [0.05, 0.1) is 0 Å². The summed E-state index contributed by atoms with van der Waals surface area (Å²) in [4.78, 5) is 22.8. The van der Waals surface area contributed by atoms with Crippen molar-refractivity contribution in [2.45, 2.75) is 19.8 Å². The van der Waals surface area contributed by atoms with E-state index in [1.807, 2.05) is 13.8 Å². The standard InChI is InChI=1S/C14H17N5O2/c1-8(2)11-7-12(19-18-11)17-13(20)9-3-5-10(6-4-9)16-14(15)21/h3-8H,1-2H3,(H3,15,16,21)(H2,17,18,19,20). The highest BCUT2D eigenvalue weighted by molar-refractivity contribution is 6.04. The number of urea groups is 1. The zero-order valence-electron chi connectivity index (χ0n) is 11.8. The van der Waals surface area contributed by atoms with E-state index >= 15 is 0 Å². The molecule has 0 unspecified atom stereocenters. The Balaban J connectivity index is 2.04. The number of nitrogens with one attached hydrogen (secondary N) is 3. The van der Waals surface area contributed by atoms with Crippen molar-refractivity contribution in [3.05, 3.63) is 41.6 Å². The van der Waals surface area contributed by atoms with Gasteiger partial charge in [0.2, 0.25) is 0 Å². The Bertz CT molecular complexity index is 646. The third-order valence-electron chi connectivity index (χ3n) is 2.88. The van der Waals surface area contributed by atoms with Crippen LogP contribution in [0.2, 0.25) is 0 Å². The molecular formula is C14H17N5O2. The van der Waals surface area contributed by atoms with E-state index < -0.39 is 6.03 Å². The molecule has 0 saturated carbocycles. The molecule has 1 aromatic carbocycles. The van der Waals surface area contributed by atoms with Crippen LogP contribution in [0.25, 0.3) is 0 Å². The first-order valence-corrected chi connectivity index (χ1v) is 6.49. The number of H-pyrrole nitrogens is 1. The molecule has 0 aliphatic carbocycles. The van der Waals surface area contributed by atoms with E-state index in [-0.39, 0.29) is 5.91 Å². The third kappa shape index (κ3) is 3.82. The molecule has 0 fully saturated rings. The second-order valence-corrected chi connectivity index (χ2v) is 4.88. The van der Waals surface area contributed by atoms with Crippen LogP contribution in [0.5, 0.6) is 0 Å². The van der Waals surface area contributed by atoms with Gasteiger partial charge in [-0.1, -0.05) is 13.8 Å². The summed E-state index contributed by atoms with van der Waals surface area (Å²) in [5.41, 5.74) is 6.95. The Morgan fingerprint density at radius 2 is 1.86 bits per heavy atom. The molecule has 110 valence electrons. The van der Waals surface area contributed by atoms with Gasteiger partial charge in [0.1, 0.15) is 0 Å². The molecule has 3 amide bonds. The van der Waals surface area contributed by atoms with Gasteiger partial charge in [-0.3, -0.25) is 9.89 Å². The molecule has 5 N–H and O–H groups in total. The Morgan fingerprint density at radius 3 is 2.38 bits per heavy atom. The fraction of sp³-hybridized carbons (Fsp3) is 0.214. The van der Waals surface area contributed by atoms with Crippen molar-refractivity contribution < 1.29 is 9.59 Å². The number of hydrogen-bond acceptors (Lipinski definition) is 3. The highest BCUT2D eigenvalue weighted by Gasteiger charge is 2.10. The van der Waals surface area contributed by atoms with Crippen LogP contribution < -0.4 is 16.4 Å². The molecule has 2 aromatic rings. The maximum Gasteiger partial charge on any atom is 0.316 e. The molecule has 0 radical (unpaired) electrons. The van der Waals surface area contributed by atoms with E-state index in [2.05, 4.69) is 20.8 Å². The number of benzene rings is 1. The fourth-order valence-electron chi connectivity index (χ4n) is 1.73. The second kappa shape index (κ2) is 6.08. The van der Waals surface area contributed by atoms with Gasteiger partial charge < -0.3 is 16.4 Å². The number of aromatic nitrogens is 2. The molecule has 0 bridgehead atoms. The normalized spacial score (nSPS) is 10.4. The molecule has 7 nitrogen and oxygen atoms in total. The molecule has 21 heavy (non-hydrogen) atoms. The first-order valence-electron chi connectivity index (χ1n) is 6.49. The number of carbonyl (C=O) groups is 2. The van der Waals surface area contributed by atoms with E-state index in [0.717, 1.165) is 5.69 Å². The fourth-order valence-corrected chi connectivity index (χ4v) is 1.73. The van der Waals surface area contributed by atoms with E-state index in [1.165, 1.54) is 0 Å². The topological polar surface area (TPSA) is 113 Å². The molecule has 0 aliphatic rings. The lowest BCUT2D eigenvalue weighted by Crippen LogP contribution is -2.19. The highest BCUT2D eigenvalue weighted by Crippen LogP contribution is 2.16. The van der Waals surface area contributed by atoms with Crippen molar-refractivity contribution in [1.82, 2.24) is 10.2 Å². The number of amides is 3. The molecular weight excluding hydrogens is 270 g/mol. The summed E-state index contributed by atoms with van der Waals surface area (Å²) in [6.07, 6.45) is 0. The minimum absolute atomic E-state index is 0.276. The largest absolute Gasteiger partial charge is 0.351 e. The Hall–Kier alpha value is -2.83. The van der Waals surface area contributed by atoms with Gasteiger partial charge in [0.15, 0.2) is 5.82 Å². The zero-order chi connectivity index (χ0) is 15.4. The van der Waals surface area contributed by atoms with Crippen LogP contribution in [0.1, 0.15) is 35.8 Å². The maximum atomic E-state index is 12.0. The van der Waals surface area contributed by atoms with Gasteiger partial charge in [-0.15, -0.1) is 0 Å². The highest BCUT2D eigenvalue weighted by atomic mass is 16.2. The minimum Gasteiger partial charge on any atom is -0.351 e. The summed E-state index contributed by atoms with van der Waals surface area (Å²) in [7, 11) is 0. The number of hydrogen-bond donors (Lipinski definition) is 4. The summed E-state index contributed by atoms with van der Waals surface area (Å²) >= 11 is 0. The van der Waals surface area contributed by atoms with Gasteiger partial charge in [0, 0.05) is 23.0 Å². The van der Waals surface area contributed by atoms with Gasteiger partial charge in [-0.25, -0.2) is 4.79 Å². The average molecular weight is 287 g/mol. The average Bonchev–Trinajstić information content (AvgIpc) is 2.87. The molecule has 0 saturated heterocycles. The summed E-state index contributed by atoms with van der Waals surface area (Å²) in [6.45, 7) is 4.06. The van der Waals surface area contributed by atoms with Crippen LogP contribution in [0.4, 0.5) is 16.3 Å². The SMILES string of the molecule is CC(C)c1cc(NC(=O)c2ccc(NC(N)=O)cc2)n[nH]1. The van der Waals surface area contributed by atoms with Crippen molar-refractivity contribution in [2.24, 2.45) is 5.73 Å². The van der Waals surface area contributed by atoms with Crippen LogP contribution in [-0.4, -0.2) is 22.1 Å². The molecule has 0 spiro atoms. The van der Waals surface area contributed by atoms with Crippen molar-refractivity contribution in [3.63, 3.8) is 0 Å². The van der Waals surface area contributed by atoms with Crippen LogP contribution in [0.3, 0.4) is 0 Å². The summed E-state index contributed by atoms with van der Waals surface area (Å²) in [5.74, 6) is 0.507. The Labute approximate surface area is 121 Å². The van der Waals surface area contributed by atoms with E-state index in [1.54, 1.807) is 30.3 Å². The quantitative estimate of drug-likeness (QED) is 0.691. The summed E-state index contributed by atoms with van der Waals surface area (Å²) < 4.78 is 0. The van der Waals surface area contributed by atoms with Crippen LogP contribution in [0, 0.1) is 0 Å². The monoisotopic (exact) mass is 287 g/mol.